The molecule has 1 fully saturated rings. The molecule has 0 spiro atoms. The smallest absolute Gasteiger partial charge is 0.270 e. The van der Waals surface area contributed by atoms with E-state index in [0.717, 1.165) is 17.5 Å². The van der Waals surface area contributed by atoms with Crippen LogP contribution in [0.4, 0.5) is 5.69 Å². The molecule has 0 aliphatic carbocycles. The molecule has 0 radical (unpaired) electrons. The summed E-state index contributed by atoms with van der Waals surface area (Å²) in [5.74, 6) is -0.168. The Morgan fingerprint density at radius 1 is 0.947 bits per heavy atom. The number of nitrogens with one attached hydrogen (secondary N) is 1. The van der Waals surface area contributed by atoms with Gasteiger partial charge in [0.05, 0.1) is 22.3 Å². The summed E-state index contributed by atoms with van der Waals surface area (Å²) in [6, 6.07) is 16.2. The van der Waals surface area contributed by atoms with E-state index in [2.05, 4.69) is 21.2 Å². The van der Waals surface area contributed by atoms with Crippen LogP contribution in [-0.4, -0.2) is 23.5 Å². The van der Waals surface area contributed by atoms with E-state index >= 15 is 0 Å². The number of nitrogens with zero attached hydrogens (tertiary/aromatic N) is 1. The number of hydrogen-bond acceptors (Lipinski definition) is 5. The summed E-state index contributed by atoms with van der Waals surface area (Å²) in [6.45, 7) is 4.51. The number of anilines is 1. The molecule has 3 aromatic rings. The second-order valence-electron chi connectivity index (χ2n) is 8.27. The van der Waals surface area contributed by atoms with Crippen LogP contribution in [0.25, 0.3) is 6.08 Å². The number of hydrogen-bond donors (Lipinski definition) is 1. The van der Waals surface area contributed by atoms with Crippen LogP contribution in [0.5, 0.6) is 11.5 Å². The summed E-state index contributed by atoms with van der Waals surface area (Å²) in [7, 11) is 0. The average molecular weight is 634 g/mol. The molecule has 6 nitrogen and oxygen atoms in total. The molecule has 196 valence electrons. The van der Waals surface area contributed by atoms with Crippen LogP contribution >= 0.6 is 51.3 Å². The van der Waals surface area contributed by atoms with Crippen LogP contribution < -0.4 is 19.7 Å². The van der Waals surface area contributed by atoms with Crippen molar-refractivity contribution >= 4 is 80.0 Å². The van der Waals surface area contributed by atoms with Gasteiger partial charge in [0.2, 0.25) is 0 Å². The Morgan fingerprint density at radius 2 is 1.63 bits per heavy atom. The zero-order chi connectivity index (χ0) is 27.4. The molecular formula is C28H23BrCl2N2O4S. The number of ether oxygens (including phenoxy) is 2. The largest absolute Gasteiger partial charge is 0.490 e. The maximum Gasteiger partial charge on any atom is 0.270 e. The van der Waals surface area contributed by atoms with Gasteiger partial charge in [-0.3, -0.25) is 19.8 Å². The summed E-state index contributed by atoms with van der Waals surface area (Å²) in [5, 5.41) is 3.54. The normalized spacial score (nSPS) is 14.6. The SMILES string of the molecule is CCOc1cc(/C=C2\C(=O)NC(=S)N(c3ccc(CC)cc3)C2=O)c(Br)cc1OCc1ccc(Cl)c(Cl)c1. The zero-order valence-corrected chi connectivity index (χ0v) is 24.4. The van der Waals surface area contributed by atoms with Gasteiger partial charge in [0, 0.05) is 4.47 Å². The van der Waals surface area contributed by atoms with Crippen molar-refractivity contribution in [2.24, 2.45) is 0 Å². The van der Waals surface area contributed by atoms with E-state index in [-0.39, 0.29) is 17.3 Å². The summed E-state index contributed by atoms with van der Waals surface area (Å²) < 4.78 is 12.4. The molecule has 2 amide bonds. The third-order valence-corrected chi connectivity index (χ3v) is 7.46. The first-order chi connectivity index (χ1) is 18.2. The van der Waals surface area contributed by atoms with Crippen LogP contribution in [0.15, 0.2) is 64.6 Å². The molecule has 4 rings (SSSR count). The summed E-state index contributed by atoms with van der Waals surface area (Å²) in [6.07, 6.45) is 2.37. The molecule has 3 aromatic carbocycles. The lowest BCUT2D eigenvalue weighted by Crippen LogP contribution is -2.54. The Kier molecular flexibility index (Phi) is 9.10. The lowest BCUT2D eigenvalue weighted by molar-refractivity contribution is -0.122. The van der Waals surface area contributed by atoms with Crippen LogP contribution in [0.2, 0.25) is 10.0 Å². The van der Waals surface area contributed by atoms with E-state index < -0.39 is 11.8 Å². The van der Waals surface area contributed by atoms with E-state index in [0.29, 0.717) is 43.9 Å². The fourth-order valence-corrected chi connectivity index (χ4v) is 4.80. The first kappa shape index (κ1) is 28.1. The minimum Gasteiger partial charge on any atom is -0.490 e. The molecular weight excluding hydrogens is 611 g/mol. The topological polar surface area (TPSA) is 67.9 Å². The van der Waals surface area contributed by atoms with E-state index in [1.165, 1.54) is 11.0 Å². The number of benzene rings is 3. The molecule has 1 aliphatic rings. The Balaban J connectivity index is 1.64. The van der Waals surface area contributed by atoms with Crippen LogP contribution in [-0.2, 0) is 22.6 Å². The fourth-order valence-electron chi connectivity index (χ4n) is 3.76. The van der Waals surface area contributed by atoms with Gasteiger partial charge in [-0.15, -0.1) is 0 Å². The van der Waals surface area contributed by atoms with Gasteiger partial charge < -0.3 is 9.47 Å². The molecule has 10 heteroatoms. The number of amides is 2. The Hall–Kier alpha value is -2.91. The van der Waals surface area contributed by atoms with Crippen LogP contribution in [0.3, 0.4) is 0 Å². The first-order valence-corrected chi connectivity index (χ1v) is 13.7. The van der Waals surface area contributed by atoms with E-state index in [9.17, 15) is 9.59 Å². The molecule has 0 saturated carbocycles. The van der Waals surface area contributed by atoms with Crippen molar-refractivity contribution in [2.75, 3.05) is 11.5 Å². The molecule has 1 N–H and O–H groups in total. The summed E-state index contributed by atoms with van der Waals surface area (Å²) in [4.78, 5) is 27.5. The van der Waals surface area contributed by atoms with Gasteiger partial charge >= 0.3 is 0 Å². The highest BCUT2D eigenvalue weighted by Crippen LogP contribution is 2.36. The highest BCUT2D eigenvalue weighted by Gasteiger charge is 2.34. The standard InChI is InChI=1S/C28H23BrCl2N2O4S/c1-3-16-5-8-19(9-6-16)33-27(35)20(26(34)32-28(33)38)12-18-13-24(36-4-2)25(14-21(18)29)37-15-17-7-10-22(30)23(31)11-17/h5-14H,3-4,15H2,1-2H3,(H,32,34,38)/b20-12+. The molecule has 0 aromatic heterocycles. The van der Waals surface area contributed by atoms with Crippen molar-refractivity contribution in [1.82, 2.24) is 5.32 Å². The first-order valence-electron chi connectivity index (χ1n) is 11.7. The molecule has 0 bridgehead atoms. The molecule has 0 unspecified atom stereocenters. The molecule has 1 heterocycles. The number of rotatable bonds is 8. The number of halogens is 3. The minimum absolute atomic E-state index is 0.0292. The predicted molar refractivity (Wildman–Crippen MR) is 158 cm³/mol. The van der Waals surface area contributed by atoms with Gasteiger partial charge in [0.15, 0.2) is 16.6 Å². The van der Waals surface area contributed by atoms with Crippen molar-refractivity contribution in [2.45, 2.75) is 26.9 Å². The van der Waals surface area contributed by atoms with Gasteiger partial charge in [-0.05, 0) is 84.7 Å². The van der Waals surface area contributed by atoms with Crippen molar-refractivity contribution in [3.8, 4) is 11.5 Å². The molecule has 38 heavy (non-hydrogen) atoms. The second kappa shape index (κ2) is 12.3. The minimum atomic E-state index is -0.578. The zero-order valence-electron chi connectivity index (χ0n) is 20.5. The van der Waals surface area contributed by atoms with Gasteiger partial charge in [-0.1, -0.05) is 64.3 Å². The summed E-state index contributed by atoms with van der Waals surface area (Å²) in [5.41, 5.74) is 3.02. The molecule has 1 aliphatic heterocycles. The number of carbonyl (C=O) groups is 2. The third kappa shape index (κ3) is 6.21. The van der Waals surface area contributed by atoms with Crippen LogP contribution in [0, 0.1) is 0 Å². The monoisotopic (exact) mass is 632 g/mol. The Labute approximate surface area is 244 Å². The van der Waals surface area contributed by atoms with Crippen LogP contribution in [0.1, 0.15) is 30.5 Å². The average Bonchev–Trinajstić information content (AvgIpc) is 2.89. The van der Waals surface area contributed by atoms with E-state index in [1.807, 2.05) is 32.0 Å². The number of carbonyl (C=O) groups excluding carboxylic acids is 2. The quantitative estimate of drug-likeness (QED) is 0.162. The second-order valence-corrected chi connectivity index (χ2v) is 10.3. The highest BCUT2D eigenvalue weighted by atomic mass is 79.9. The van der Waals surface area contributed by atoms with E-state index in [4.69, 9.17) is 44.9 Å². The molecule has 0 atom stereocenters. The molecule has 1 saturated heterocycles. The summed E-state index contributed by atoms with van der Waals surface area (Å²) >= 11 is 21.0. The van der Waals surface area contributed by atoms with Gasteiger partial charge in [-0.2, -0.15) is 0 Å². The Morgan fingerprint density at radius 3 is 2.29 bits per heavy atom. The Bertz CT molecular complexity index is 1440. The highest BCUT2D eigenvalue weighted by molar-refractivity contribution is 9.10. The van der Waals surface area contributed by atoms with Gasteiger partial charge in [0.25, 0.3) is 11.8 Å². The number of thiocarbonyl (C=S) groups is 1. The predicted octanol–water partition coefficient (Wildman–Crippen LogP) is 7.13. The maximum atomic E-state index is 13.4. The van der Waals surface area contributed by atoms with Gasteiger partial charge in [-0.25, -0.2) is 0 Å². The fraction of sp³-hybridized carbons (Fsp3) is 0.179. The third-order valence-electron chi connectivity index (χ3n) is 5.75. The van der Waals surface area contributed by atoms with Gasteiger partial charge in [0.1, 0.15) is 12.2 Å². The van der Waals surface area contributed by atoms with Crippen molar-refractivity contribution in [3.05, 3.63) is 91.4 Å². The van der Waals surface area contributed by atoms with Crippen molar-refractivity contribution in [1.29, 1.82) is 0 Å². The lowest BCUT2D eigenvalue weighted by atomic mass is 10.1. The van der Waals surface area contributed by atoms with Crippen molar-refractivity contribution in [3.63, 3.8) is 0 Å². The lowest BCUT2D eigenvalue weighted by Gasteiger charge is -2.29. The van der Waals surface area contributed by atoms with Crippen molar-refractivity contribution < 1.29 is 19.1 Å². The maximum absolute atomic E-state index is 13.4. The number of aryl methyl sites for hydroxylation is 1. The van der Waals surface area contributed by atoms with E-state index in [1.54, 1.807) is 36.4 Å².